The van der Waals surface area contributed by atoms with Crippen molar-refractivity contribution in [3.63, 3.8) is 0 Å². The van der Waals surface area contributed by atoms with Crippen LogP contribution >= 0.6 is 0 Å². The van der Waals surface area contributed by atoms with Gasteiger partial charge in [0.15, 0.2) is 0 Å². The van der Waals surface area contributed by atoms with Crippen molar-refractivity contribution >= 4 is 56.3 Å². The van der Waals surface area contributed by atoms with Crippen LogP contribution in [0.25, 0.3) is 44.4 Å². The molecule has 8 bridgehead atoms. The average molecular weight is 724 g/mol. The summed E-state index contributed by atoms with van der Waals surface area (Å²) in [4.78, 5) is 39.2. The van der Waals surface area contributed by atoms with Gasteiger partial charge in [-0.3, -0.25) is 0 Å². The molecule has 2 N–H and O–H groups in total. The number of hydrogen-bond donors (Lipinski definition) is 2. The molecule has 10 heteroatoms. The number of aliphatic carboxylic acids is 2. The van der Waals surface area contributed by atoms with Gasteiger partial charge in [-0.25, -0.2) is 9.97 Å². The van der Waals surface area contributed by atoms with Crippen LogP contribution in [0.1, 0.15) is 73.4 Å². The second-order valence-corrected chi connectivity index (χ2v) is 9.94. The second kappa shape index (κ2) is 12.7. The van der Waals surface area contributed by atoms with Crippen molar-refractivity contribution in [2.45, 2.75) is 53.4 Å². The summed E-state index contributed by atoms with van der Waals surface area (Å²) in [5, 5.41) is 22.6. The smallest absolute Gasteiger partial charge is 0.550 e. The summed E-state index contributed by atoms with van der Waals surface area (Å²) in [5.74, 6) is -2.26. The monoisotopic (exact) mass is 722 g/mol. The Labute approximate surface area is 263 Å². The fourth-order valence-corrected chi connectivity index (χ4v) is 5.09. The molecule has 0 atom stereocenters. The molecule has 0 saturated carbocycles. The van der Waals surface area contributed by atoms with Crippen LogP contribution in [0.5, 0.6) is 0 Å². The van der Waals surface area contributed by atoms with Crippen molar-refractivity contribution in [3.05, 3.63) is 70.3 Å². The zero-order valence-electron chi connectivity index (χ0n) is 22.4. The zero-order valence-corrected chi connectivity index (χ0v) is 25.4. The summed E-state index contributed by atoms with van der Waals surface area (Å²) in [6.07, 6.45) is 0.263. The van der Waals surface area contributed by atoms with Crippen molar-refractivity contribution in [1.82, 2.24) is 19.9 Å². The fourth-order valence-electron chi connectivity index (χ4n) is 5.09. The fraction of sp³-hybridized carbons (Fsp3) is 0.267. The number of nitrogens with one attached hydrogen (secondary N) is 2. The minimum absolute atomic E-state index is 0. The Morgan fingerprint density at radius 2 is 1.05 bits per heavy atom. The third-order valence-electron chi connectivity index (χ3n) is 7.23. The molecule has 0 saturated heterocycles. The van der Waals surface area contributed by atoms with Crippen LogP contribution in [0.3, 0.4) is 0 Å². The summed E-state index contributed by atoms with van der Waals surface area (Å²) >= 11 is 0. The maximum Gasteiger partial charge on any atom is 1.00 e. The number of carboxylic acid groups (broad SMARTS) is 2. The van der Waals surface area contributed by atoms with Crippen LogP contribution in [0.4, 0.5) is 0 Å². The molecule has 0 aromatic carbocycles. The summed E-state index contributed by atoms with van der Waals surface area (Å²) in [5.41, 5.74) is 11.9. The minimum Gasteiger partial charge on any atom is -0.550 e. The van der Waals surface area contributed by atoms with Crippen LogP contribution in [0, 0.1) is 13.8 Å². The van der Waals surface area contributed by atoms with E-state index in [2.05, 4.69) is 28.2 Å². The van der Waals surface area contributed by atoms with Crippen molar-refractivity contribution in [2.75, 3.05) is 0 Å². The van der Waals surface area contributed by atoms with E-state index in [4.69, 9.17) is 9.97 Å². The van der Waals surface area contributed by atoms with E-state index in [1.165, 1.54) is 0 Å². The van der Waals surface area contributed by atoms with Crippen LogP contribution in [0.15, 0.2) is 36.4 Å². The molecule has 0 spiro atoms. The number of aromatic nitrogens is 4. The SMILES string of the molecule is CC1=C(CCC(=O)[O-])c2cc3nc(cc4[nH]c(cc4C)cc4[nH]c(cc1n2)cc4C)C(C)=C3CCC(=O)[O-].[Ag+].[Ag+]. The quantitative estimate of drug-likeness (QED) is 0.371. The third-order valence-corrected chi connectivity index (χ3v) is 7.23. The Morgan fingerprint density at radius 3 is 1.52 bits per heavy atom. The number of rotatable bonds is 6. The first-order valence-electron chi connectivity index (χ1n) is 12.6. The summed E-state index contributed by atoms with van der Waals surface area (Å²) in [6.45, 7) is 7.93. The maximum absolute atomic E-state index is 11.3. The molecule has 0 fully saturated rings. The van der Waals surface area contributed by atoms with E-state index < -0.39 is 11.9 Å². The molecule has 0 unspecified atom stereocenters. The van der Waals surface area contributed by atoms with E-state index in [9.17, 15) is 19.8 Å². The summed E-state index contributed by atoms with van der Waals surface area (Å²) in [6, 6.07) is 11.9. The molecular formula is C30H28Ag2N4O4. The molecule has 214 valence electrons. The third kappa shape index (κ3) is 6.49. The number of aryl methyl sites for hydroxylation is 2. The van der Waals surface area contributed by atoms with E-state index in [0.717, 1.165) is 66.9 Å². The van der Waals surface area contributed by atoms with Crippen LogP contribution in [0.2, 0.25) is 0 Å². The predicted molar refractivity (Wildman–Crippen MR) is 144 cm³/mol. The Morgan fingerprint density at radius 1 is 0.625 bits per heavy atom. The summed E-state index contributed by atoms with van der Waals surface area (Å²) in [7, 11) is 0. The number of fused-ring (bicyclic) bond motifs is 8. The van der Waals surface area contributed by atoms with Crippen molar-refractivity contribution in [2.24, 2.45) is 0 Å². The topological polar surface area (TPSA) is 138 Å². The largest absolute Gasteiger partial charge is 1.00 e. The van der Waals surface area contributed by atoms with Gasteiger partial charge in [-0.15, -0.1) is 0 Å². The van der Waals surface area contributed by atoms with Crippen molar-refractivity contribution in [1.29, 1.82) is 0 Å². The van der Waals surface area contributed by atoms with Crippen LogP contribution < -0.4 is 10.2 Å². The van der Waals surface area contributed by atoms with E-state index in [0.29, 0.717) is 11.4 Å². The van der Waals surface area contributed by atoms with Gasteiger partial charge in [-0.2, -0.15) is 0 Å². The standard InChI is InChI=1S/C30H30N4O4.2Ag/c1-15-9-20-12-25-17(3)21(5-7-29(35)36)27(33-25)14-28-22(6-8-30(37)38)18(4)26(34-28)13-24-16(2)10-19(32-24)11-23(15)31-20;;/h9-14,31-32H,5-8H2,1-4H3,(H,35,36)(H,37,38);;/q;2*+1/p-2. The minimum atomic E-state index is -1.13. The first-order chi connectivity index (χ1) is 18.1. The molecule has 8 nitrogen and oxygen atoms in total. The number of carboxylic acids is 2. The van der Waals surface area contributed by atoms with E-state index >= 15 is 0 Å². The number of H-pyrrole nitrogens is 2. The van der Waals surface area contributed by atoms with Gasteiger partial charge in [0.25, 0.3) is 0 Å². The normalized spacial score (nSPS) is 12.7. The predicted octanol–water partition coefficient (Wildman–Crippen LogP) is 3.85. The molecule has 0 radical (unpaired) electrons. The number of allylic oxidation sites excluding steroid dienone is 4. The Hall–Kier alpha value is -2.98. The van der Waals surface area contributed by atoms with Crippen LogP contribution in [-0.2, 0) is 54.3 Å². The molecular weight excluding hydrogens is 696 g/mol. The van der Waals surface area contributed by atoms with Gasteiger partial charge in [0.1, 0.15) is 0 Å². The Bertz CT molecular complexity index is 1730. The average Bonchev–Trinajstić information content (AvgIpc) is 3.53. The van der Waals surface area contributed by atoms with E-state index in [1.807, 2.05) is 45.9 Å². The molecule has 3 aromatic heterocycles. The van der Waals surface area contributed by atoms with Gasteiger partial charge in [-0.1, -0.05) is 0 Å². The number of aromatic amines is 2. The number of hydrogen-bond acceptors (Lipinski definition) is 6. The molecule has 2 aliphatic rings. The first kappa shape index (κ1) is 31.5. The molecule has 5 rings (SSSR count). The molecule has 3 aromatic rings. The second-order valence-electron chi connectivity index (χ2n) is 9.94. The van der Waals surface area contributed by atoms with Gasteiger partial charge >= 0.3 is 44.8 Å². The molecule has 5 heterocycles. The Balaban J connectivity index is 0.00000220. The van der Waals surface area contributed by atoms with Gasteiger partial charge in [-0.05, 0) is 123 Å². The van der Waals surface area contributed by atoms with Crippen molar-refractivity contribution < 1.29 is 64.6 Å². The number of nitrogens with zero attached hydrogens (tertiary/aromatic N) is 2. The molecule has 40 heavy (non-hydrogen) atoms. The maximum atomic E-state index is 11.3. The molecule has 0 amide bonds. The van der Waals surface area contributed by atoms with E-state index in [1.54, 1.807) is 0 Å². The Kier molecular flexibility index (Phi) is 10.0. The molecule has 0 aliphatic carbocycles. The van der Waals surface area contributed by atoms with Gasteiger partial charge in [0.2, 0.25) is 0 Å². The summed E-state index contributed by atoms with van der Waals surface area (Å²) < 4.78 is 0. The first-order valence-corrected chi connectivity index (χ1v) is 12.6. The van der Waals surface area contributed by atoms with Crippen molar-refractivity contribution in [3.8, 4) is 0 Å². The number of carbonyl (C=O) groups excluding carboxylic acids is 2. The van der Waals surface area contributed by atoms with Gasteiger partial charge in [0.05, 0.1) is 22.8 Å². The number of carbonyl (C=O) groups is 2. The van der Waals surface area contributed by atoms with Gasteiger partial charge in [0, 0.05) is 34.0 Å². The zero-order chi connectivity index (χ0) is 27.1. The van der Waals surface area contributed by atoms with E-state index in [-0.39, 0.29) is 70.4 Å². The van der Waals surface area contributed by atoms with Crippen LogP contribution in [-0.4, -0.2) is 31.9 Å². The van der Waals surface area contributed by atoms with Gasteiger partial charge < -0.3 is 29.8 Å². The molecule has 2 aliphatic heterocycles.